The first-order valence-corrected chi connectivity index (χ1v) is 11.4. The van der Waals surface area contributed by atoms with E-state index in [4.69, 9.17) is 4.74 Å². The number of fused-ring (bicyclic) bond motifs is 1. The largest absolute Gasteiger partial charge is 0.497 e. The van der Waals surface area contributed by atoms with Crippen molar-refractivity contribution < 1.29 is 19.1 Å². The van der Waals surface area contributed by atoms with Gasteiger partial charge in [-0.15, -0.1) is 0 Å². The van der Waals surface area contributed by atoms with Crippen LogP contribution in [0.4, 0.5) is 5.69 Å². The molecule has 0 atom stereocenters. The number of amides is 2. The number of hydrogen-bond donors (Lipinski definition) is 0. The summed E-state index contributed by atoms with van der Waals surface area (Å²) in [5.41, 5.74) is 1.71. The SMILES string of the molecule is CCN(C(=O)C(=O)c1cn(CC(=O)N2CCCCC2)c2ccccc12)c1ccc(OC)cc1. The average molecular weight is 448 g/mol. The summed E-state index contributed by atoms with van der Waals surface area (Å²) >= 11 is 0. The summed E-state index contributed by atoms with van der Waals surface area (Å²) in [5, 5.41) is 0.674. The van der Waals surface area contributed by atoms with Crippen LogP contribution >= 0.6 is 0 Å². The lowest BCUT2D eigenvalue weighted by molar-refractivity contribution is -0.132. The summed E-state index contributed by atoms with van der Waals surface area (Å²) in [4.78, 5) is 42.7. The first kappa shape index (κ1) is 22.6. The number of aromatic nitrogens is 1. The summed E-state index contributed by atoms with van der Waals surface area (Å²) in [6, 6.07) is 14.4. The lowest BCUT2D eigenvalue weighted by Crippen LogP contribution is -2.37. The van der Waals surface area contributed by atoms with Crippen LogP contribution in [-0.4, -0.2) is 53.8 Å². The fourth-order valence-electron chi connectivity index (χ4n) is 4.39. The molecule has 0 aliphatic carbocycles. The Morgan fingerprint density at radius 1 is 0.970 bits per heavy atom. The van der Waals surface area contributed by atoms with Crippen LogP contribution in [0.3, 0.4) is 0 Å². The molecule has 1 aliphatic rings. The number of rotatable bonds is 7. The fourth-order valence-corrected chi connectivity index (χ4v) is 4.39. The highest BCUT2D eigenvalue weighted by Crippen LogP contribution is 2.25. The molecule has 0 spiro atoms. The minimum absolute atomic E-state index is 0.0363. The number of carbonyl (C=O) groups is 3. The zero-order valence-corrected chi connectivity index (χ0v) is 19.1. The van der Waals surface area contributed by atoms with Crippen molar-refractivity contribution in [3.05, 3.63) is 60.3 Å². The Morgan fingerprint density at radius 3 is 2.33 bits per heavy atom. The Bertz CT molecular complexity index is 1160. The molecule has 3 aromatic rings. The minimum Gasteiger partial charge on any atom is -0.497 e. The normalized spacial score (nSPS) is 13.7. The summed E-state index contributed by atoms with van der Waals surface area (Å²) < 4.78 is 6.97. The van der Waals surface area contributed by atoms with Gasteiger partial charge >= 0.3 is 0 Å². The molecule has 2 aromatic carbocycles. The van der Waals surface area contributed by atoms with E-state index in [0.717, 1.165) is 37.9 Å². The van der Waals surface area contributed by atoms with Gasteiger partial charge < -0.3 is 19.1 Å². The van der Waals surface area contributed by atoms with Crippen molar-refractivity contribution >= 4 is 34.2 Å². The second kappa shape index (κ2) is 9.90. The maximum absolute atomic E-state index is 13.3. The highest BCUT2D eigenvalue weighted by molar-refractivity contribution is 6.48. The van der Waals surface area contributed by atoms with Crippen LogP contribution in [0.1, 0.15) is 36.5 Å². The van der Waals surface area contributed by atoms with E-state index in [1.54, 1.807) is 42.1 Å². The molecule has 172 valence electrons. The Morgan fingerprint density at radius 2 is 1.67 bits per heavy atom. The molecule has 7 heteroatoms. The van der Waals surface area contributed by atoms with Gasteiger partial charge in [-0.25, -0.2) is 0 Å². The molecule has 2 heterocycles. The summed E-state index contributed by atoms with van der Waals surface area (Å²) in [5.74, 6) is -0.481. The van der Waals surface area contributed by atoms with Crippen molar-refractivity contribution in [2.24, 2.45) is 0 Å². The maximum Gasteiger partial charge on any atom is 0.299 e. The number of piperidine rings is 1. The smallest absolute Gasteiger partial charge is 0.299 e. The van der Waals surface area contributed by atoms with E-state index in [-0.39, 0.29) is 12.5 Å². The van der Waals surface area contributed by atoms with Crippen LogP contribution in [0, 0.1) is 0 Å². The van der Waals surface area contributed by atoms with Crippen LogP contribution in [0.2, 0.25) is 0 Å². The van der Waals surface area contributed by atoms with Gasteiger partial charge in [-0.1, -0.05) is 18.2 Å². The van der Waals surface area contributed by atoms with Crippen molar-refractivity contribution in [2.75, 3.05) is 31.6 Å². The average Bonchev–Trinajstić information content (AvgIpc) is 3.23. The lowest BCUT2D eigenvalue weighted by atomic mass is 10.1. The summed E-state index contributed by atoms with van der Waals surface area (Å²) in [7, 11) is 1.58. The lowest BCUT2D eigenvalue weighted by Gasteiger charge is -2.27. The fraction of sp³-hybridized carbons (Fsp3) is 0.346. The molecule has 33 heavy (non-hydrogen) atoms. The number of carbonyl (C=O) groups excluding carboxylic acids is 3. The standard InChI is InChI=1S/C26H29N3O4/c1-3-29(19-11-13-20(33-2)14-12-19)26(32)25(31)22-17-28(23-10-6-5-9-21(22)23)18-24(30)27-15-7-4-8-16-27/h5-6,9-14,17H,3-4,7-8,15-16,18H2,1-2H3. The van der Waals surface area contributed by atoms with E-state index >= 15 is 0 Å². The van der Waals surface area contributed by atoms with E-state index < -0.39 is 11.7 Å². The molecule has 7 nitrogen and oxygen atoms in total. The van der Waals surface area contributed by atoms with Crippen molar-refractivity contribution in [3.63, 3.8) is 0 Å². The molecule has 1 fully saturated rings. The molecule has 0 N–H and O–H groups in total. The molecule has 2 amide bonds. The van der Waals surface area contributed by atoms with Gasteiger partial charge in [0.2, 0.25) is 5.91 Å². The van der Waals surface area contributed by atoms with E-state index in [9.17, 15) is 14.4 Å². The van der Waals surface area contributed by atoms with Gasteiger partial charge in [0.05, 0.1) is 12.7 Å². The molecule has 0 bridgehead atoms. The van der Waals surface area contributed by atoms with Gasteiger partial charge in [-0.05, 0) is 56.5 Å². The minimum atomic E-state index is -0.604. The zero-order valence-electron chi connectivity index (χ0n) is 19.1. The molecule has 1 aromatic heterocycles. The predicted octanol–water partition coefficient (Wildman–Crippen LogP) is 3.90. The van der Waals surface area contributed by atoms with Gasteiger partial charge in [0.25, 0.3) is 11.7 Å². The number of hydrogen-bond acceptors (Lipinski definition) is 4. The number of likely N-dealkylation sites (tertiary alicyclic amines) is 1. The van der Waals surface area contributed by atoms with E-state index in [1.165, 1.54) is 4.90 Å². The van der Waals surface area contributed by atoms with Crippen LogP contribution in [0.25, 0.3) is 10.9 Å². The van der Waals surface area contributed by atoms with Gasteiger partial charge in [-0.3, -0.25) is 14.4 Å². The Kier molecular flexibility index (Phi) is 6.77. The quantitative estimate of drug-likeness (QED) is 0.407. The van der Waals surface area contributed by atoms with Crippen LogP contribution in [0.5, 0.6) is 5.75 Å². The number of benzene rings is 2. The van der Waals surface area contributed by atoms with Crippen LogP contribution in [0.15, 0.2) is 54.7 Å². The molecular weight excluding hydrogens is 418 g/mol. The Labute approximate surface area is 193 Å². The molecule has 1 aliphatic heterocycles. The number of para-hydroxylation sites is 1. The van der Waals surface area contributed by atoms with Crippen molar-refractivity contribution in [2.45, 2.75) is 32.7 Å². The molecule has 4 rings (SSSR count). The van der Waals surface area contributed by atoms with Crippen LogP contribution < -0.4 is 9.64 Å². The first-order valence-electron chi connectivity index (χ1n) is 11.4. The van der Waals surface area contributed by atoms with Gasteiger partial charge in [0, 0.05) is 42.4 Å². The monoisotopic (exact) mass is 447 g/mol. The van der Waals surface area contributed by atoms with E-state index in [0.29, 0.717) is 28.9 Å². The molecule has 0 unspecified atom stereocenters. The summed E-state index contributed by atoms with van der Waals surface area (Å²) in [6.45, 7) is 3.88. The number of Topliss-reactive ketones (excluding diaryl/α,β-unsaturated/α-hetero) is 1. The van der Waals surface area contributed by atoms with Crippen molar-refractivity contribution in [3.8, 4) is 5.75 Å². The topological polar surface area (TPSA) is 71.9 Å². The first-order chi connectivity index (χ1) is 16.0. The Balaban J connectivity index is 1.62. The number of anilines is 1. The molecule has 0 saturated carbocycles. The second-order valence-corrected chi connectivity index (χ2v) is 8.21. The molecular formula is C26H29N3O4. The van der Waals surface area contributed by atoms with Crippen LogP contribution in [-0.2, 0) is 16.1 Å². The van der Waals surface area contributed by atoms with E-state index in [1.807, 2.05) is 36.1 Å². The number of methoxy groups -OCH3 is 1. The Hall–Kier alpha value is -3.61. The highest BCUT2D eigenvalue weighted by Gasteiger charge is 2.27. The third-order valence-electron chi connectivity index (χ3n) is 6.19. The zero-order chi connectivity index (χ0) is 23.4. The molecule has 0 radical (unpaired) electrons. The van der Waals surface area contributed by atoms with Crippen molar-refractivity contribution in [1.82, 2.24) is 9.47 Å². The summed E-state index contributed by atoms with van der Waals surface area (Å²) in [6.07, 6.45) is 4.84. The number of likely N-dealkylation sites (N-methyl/N-ethyl adjacent to an activating group) is 1. The number of ketones is 1. The predicted molar refractivity (Wildman–Crippen MR) is 128 cm³/mol. The second-order valence-electron chi connectivity index (χ2n) is 8.21. The third-order valence-corrected chi connectivity index (χ3v) is 6.19. The maximum atomic E-state index is 13.3. The number of ether oxygens (including phenoxy) is 1. The molecule has 1 saturated heterocycles. The third kappa shape index (κ3) is 4.62. The highest BCUT2D eigenvalue weighted by atomic mass is 16.5. The number of nitrogens with zero attached hydrogens (tertiary/aromatic N) is 3. The van der Waals surface area contributed by atoms with Gasteiger partial charge in [0.15, 0.2) is 0 Å². The van der Waals surface area contributed by atoms with Gasteiger partial charge in [-0.2, -0.15) is 0 Å². The van der Waals surface area contributed by atoms with Crippen molar-refractivity contribution in [1.29, 1.82) is 0 Å². The van der Waals surface area contributed by atoms with Gasteiger partial charge in [0.1, 0.15) is 12.3 Å². The van der Waals surface area contributed by atoms with E-state index in [2.05, 4.69) is 0 Å².